The Hall–Kier alpha value is -3.16. The molecule has 1 unspecified atom stereocenters. The summed E-state index contributed by atoms with van der Waals surface area (Å²) in [5.41, 5.74) is 1.08. The number of allylic oxidation sites excluding steroid dienone is 1. The van der Waals surface area contributed by atoms with E-state index in [2.05, 4.69) is 15.3 Å². The third kappa shape index (κ3) is 3.62. The molecule has 0 saturated carbocycles. The monoisotopic (exact) mass is 389 g/mol. The SMILES string of the molecule is CCOC(=O)C1=C(C)NC(c2ncc(F)cc2F)=NC1c1cccc(F)c1C. The average molecular weight is 389 g/mol. The van der Waals surface area contributed by atoms with Gasteiger partial charge in [-0.05, 0) is 38.0 Å². The summed E-state index contributed by atoms with van der Waals surface area (Å²) >= 11 is 0. The predicted octanol–water partition coefficient (Wildman–Crippen LogP) is 3.74. The number of carbonyl (C=O) groups excluding carboxylic acids is 1. The third-order valence-corrected chi connectivity index (χ3v) is 4.37. The maximum atomic E-state index is 14.2. The van der Waals surface area contributed by atoms with Gasteiger partial charge in [0.1, 0.15) is 23.4 Å². The molecule has 0 aliphatic carbocycles. The molecule has 1 aromatic carbocycles. The first-order chi connectivity index (χ1) is 13.3. The quantitative estimate of drug-likeness (QED) is 0.810. The van der Waals surface area contributed by atoms with Crippen molar-refractivity contribution in [2.24, 2.45) is 4.99 Å². The molecule has 2 heterocycles. The zero-order chi connectivity index (χ0) is 20.4. The number of amidine groups is 1. The number of carbonyl (C=O) groups is 1. The number of hydrogen-bond acceptors (Lipinski definition) is 5. The van der Waals surface area contributed by atoms with Gasteiger partial charge in [0.25, 0.3) is 0 Å². The fraction of sp³-hybridized carbons (Fsp3) is 0.250. The number of hydrogen-bond donors (Lipinski definition) is 1. The first kappa shape index (κ1) is 19.6. The number of halogens is 3. The molecule has 1 aromatic heterocycles. The van der Waals surface area contributed by atoms with Gasteiger partial charge in [0.05, 0.1) is 18.4 Å². The van der Waals surface area contributed by atoms with Crippen molar-refractivity contribution >= 4 is 11.8 Å². The smallest absolute Gasteiger partial charge is 0.338 e. The number of aliphatic imine (C=N–C) groups is 1. The van der Waals surface area contributed by atoms with E-state index in [1.807, 2.05) is 0 Å². The van der Waals surface area contributed by atoms with Gasteiger partial charge in [0, 0.05) is 11.8 Å². The zero-order valence-electron chi connectivity index (χ0n) is 15.5. The van der Waals surface area contributed by atoms with Gasteiger partial charge in [-0.25, -0.2) is 22.9 Å². The van der Waals surface area contributed by atoms with Crippen molar-refractivity contribution in [3.8, 4) is 0 Å². The highest BCUT2D eigenvalue weighted by molar-refractivity contribution is 6.02. The lowest BCUT2D eigenvalue weighted by Gasteiger charge is -2.27. The van der Waals surface area contributed by atoms with Crippen LogP contribution in [0, 0.1) is 24.4 Å². The minimum atomic E-state index is -0.933. The van der Waals surface area contributed by atoms with Gasteiger partial charge in [-0.3, -0.25) is 4.99 Å². The molecule has 0 radical (unpaired) electrons. The van der Waals surface area contributed by atoms with Crippen LogP contribution in [0.25, 0.3) is 0 Å². The van der Waals surface area contributed by atoms with Crippen LogP contribution in [0.1, 0.15) is 36.7 Å². The summed E-state index contributed by atoms with van der Waals surface area (Å²) in [6.07, 6.45) is 0.866. The van der Waals surface area contributed by atoms with Crippen LogP contribution in [0.3, 0.4) is 0 Å². The maximum Gasteiger partial charge on any atom is 0.338 e. The molecule has 2 aromatic rings. The Morgan fingerprint density at radius 3 is 2.64 bits per heavy atom. The summed E-state index contributed by atoms with van der Waals surface area (Å²) in [7, 11) is 0. The maximum absolute atomic E-state index is 14.2. The highest BCUT2D eigenvalue weighted by atomic mass is 19.1. The van der Waals surface area contributed by atoms with E-state index in [1.54, 1.807) is 26.8 Å². The number of ether oxygens (including phenoxy) is 1. The molecule has 146 valence electrons. The van der Waals surface area contributed by atoms with Crippen LogP contribution in [0.4, 0.5) is 13.2 Å². The number of nitrogens with zero attached hydrogens (tertiary/aromatic N) is 2. The molecule has 0 bridgehead atoms. The van der Waals surface area contributed by atoms with Crippen LogP contribution >= 0.6 is 0 Å². The van der Waals surface area contributed by atoms with Gasteiger partial charge in [0.15, 0.2) is 11.7 Å². The predicted molar refractivity (Wildman–Crippen MR) is 97.0 cm³/mol. The number of nitrogens with one attached hydrogen (secondary N) is 1. The Morgan fingerprint density at radius 1 is 1.21 bits per heavy atom. The van der Waals surface area contributed by atoms with Gasteiger partial charge < -0.3 is 10.1 Å². The Morgan fingerprint density at radius 2 is 1.96 bits per heavy atom. The summed E-state index contributed by atoms with van der Waals surface area (Å²) < 4.78 is 46.7. The molecule has 3 rings (SSSR count). The van der Waals surface area contributed by atoms with Crippen molar-refractivity contribution in [3.63, 3.8) is 0 Å². The summed E-state index contributed by atoms with van der Waals surface area (Å²) in [4.78, 5) is 20.7. The molecular weight excluding hydrogens is 371 g/mol. The minimum Gasteiger partial charge on any atom is -0.463 e. The first-order valence-electron chi connectivity index (χ1n) is 8.62. The van der Waals surface area contributed by atoms with Crippen molar-refractivity contribution < 1.29 is 22.7 Å². The highest BCUT2D eigenvalue weighted by Gasteiger charge is 2.33. The fourth-order valence-electron chi connectivity index (χ4n) is 3.00. The molecule has 1 atom stereocenters. The van der Waals surface area contributed by atoms with E-state index in [0.717, 1.165) is 6.20 Å². The Kier molecular flexibility index (Phi) is 5.48. The summed E-state index contributed by atoms with van der Waals surface area (Å²) in [5.74, 6) is -2.80. The van der Waals surface area contributed by atoms with Crippen molar-refractivity contribution in [1.29, 1.82) is 0 Å². The average Bonchev–Trinajstić information content (AvgIpc) is 2.63. The van der Waals surface area contributed by atoms with Crippen molar-refractivity contribution in [2.75, 3.05) is 6.61 Å². The largest absolute Gasteiger partial charge is 0.463 e. The Labute approximate surface area is 160 Å². The lowest BCUT2D eigenvalue weighted by atomic mass is 9.92. The van der Waals surface area contributed by atoms with E-state index in [-0.39, 0.29) is 23.7 Å². The van der Waals surface area contributed by atoms with E-state index in [4.69, 9.17) is 4.74 Å². The van der Waals surface area contributed by atoms with E-state index in [9.17, 15) is 18.0 Å². The summed E-state index contributed by atoms with van der Waals surface area (Å²) in [6, 6.07) is 4.19. The molecule has 28 heavy (non-hydrogen) atoms. The molecule has 1 aliphatic rings. The van der Waals surface area contributed by atoms with Crippen LogP contribution in [-0.2, 0) is 9.53 Å². The van der Waals surface area contributed by atoms with Crippen LogP contribution in [-0.4, -0.2) is 23.4 Å². The van der Waals surface area contributed by atoms with E-state index < -0.39 is 29.5 Å². The van der Waals surface area contributed by atoms with E-state index in [0.29, 0.717) is 22.9 Å². The van der Waals surface area contributed by atoms with Crippen molar-refractivity contribution in [1.82, 2.24) is 10.3 Å². The van der Waals surface area contributed by atoms with Gasteiger partial charge in [0.2, 0.25) is 0 Å². The Bertz CT molecular complexity index is 1000. The first-order valence-corrected chi connectivity index (χ1v) is 8.62. The molecule has 0 amide bonds. The topological polar surface area (TPSA) is 63.6 Å². The lowest BCUT2D eigenvalue weighted by Crippen LogP contribution is -2.34. The zero-order valence-corrected chi connectivity index (χ0v) is 15.5. The number of aromatic nitrogens is 1. The van der Waals surface area contributed by atoms with E-state index in [1.165, 1.54) is 12.1 Å². The van der Waals surface area contributed by atoms with Crippen molar-refractivity contribution in [2.45, 2.75) is 26.8 Å². The molecule has 5 nitrogen and oxygen atoms in total. The molecule has 1 aliphatic heterocycles. The third-order valence-electron chi connectivity index (χ3n) is 4.37. The second kappa shape index (κ2) is 7.84. The second-order valence-corrected chi connectivity index (χ2v) is 6.20. The lowest BCUT2D eigenvalue weighted by molar-refractivity contribution is -0.138. The highest BCUT2D eigenvalue weighted by Crippen LogP contribution is 2.34. The minimum absolute atomic E-state index is 0.0108. The van der Waals surface area contributed by atoms with Crippen LogP contribution < -0.4 is 5.32 Å². The van der Waals surface area contributed by atoms with Gasteiger partial charge in [-0.1, -0.05) is 12.1 Å². The normalized spacial score (nSPS) is 16.5. The van der Waals surface area contributed by atoms with Gasteiger partial charge in [-0.15, -0.1) is 0 Å². The van der Waals surface area contributed by atoms with Crippen LogP contribution in [0.2, 0.25) is 0 Å². The number of pyridine rings is 1. The molecule has 8 heteroatoms. The summed E-state index contributed by atoms with van der Waals surface area (Å²) in [5, 5.41) is 2.83. The second-order valence-electron chi connectivity index (χ2n) is 6.20. The summed E-state index contributed by atoms with van der Waals surface area (Å²) in [6.45, 7) is 4.98. The Balaban J connectivity index is 2.17. The van der Waals surface area contributed by atoms with Crippen LogP contribution in [0.15, 0.2) is 46.7 Å². The van der Waals surface area contributed by atoms with Gasteiger partial charge >= 0.3 is 5.97 Å². The number of rotatable bonds is 4. The van der Waals surface area contributed by atoms with Crippen molar-refractivity contribution in [3.05, 3.63) is 76.0 Å². The van der Waals surface area contributed by atoms with Crippen LogP contribution in [0.5, 0.6) is 0 Å². The molecule has 0 fully saturated rings. The molecular formula is C20H18F3N3O2. The molecule has 1 N–H and O–H groups in total. The van der Waals surface area contributed by atoms with Gasteiger partial charge in [-0.2, -0.15) is 0 Å². The molecule has 0 spiro atoms. The van der Waals surface area contributed by atoms with E-state index >= 15 is 0 Å². The number of benzene rings is 1. The number of esters is 1. The molecule has 0 saturated heterocycles. The fourth-order valence-corrected chi connectivity index (χ4v) is 3.00. The standard InChI is InChI=1S/C20H18F3N3O2/c1-4-28-20(27)16-11(3)25-19(18-15(23)8-12(21)9-24-18)26-17(16)13-6-5-7-14(22)10(13)2/h5-9,17H,4H2,1-3H3,(H,25,26).